The topological polar surface area (TPSA) is 54.0 Å². The predicted molar refractivity (Wildman–Crippen MR) is 75.1 cm³/mol. The third-order valence-electron chi connectivity index (χ3n) is 2.88. The Kier molecular flexibility index (Phi) is 3.40. The smallest absolute Gasteiger partial charge is 0.243 e. The number of nitrogens with one attached hydrogen (secondary N) is 2. The Labute approximate surface area is 113 Å². The monoisotopic (exact) mass is 279 g/mol. The number of hydrogen-bond donors (Lipinski definition) is 2. The molecule has 0 bridgehead atoms. The van der Waals surface area contributed by atoms with Gasteiger partial charge in [0.15, 0.2) is 5.13 Å². The highest BCUT2D eigenvalue weighted by atomic mass is 32.1. The fraction of sp³-hybridized carbons (Fsp3) is 0.333. The minimum Gasteiger partial charge on any atom is -0.306 e. The van der Waals surface area contributed by atoms with Gasteiger partial charge >= 0.3 is 0 Å². The van der Waals surface area contributed by atoms with Crippen LogP contribution >= 0.6 is 22.7 Å². The van der Waals surface area contributed by atoms with Crippen LogP contribution in [0.3, 0.4) is 0 Å². The average Bonchev–Trinajstić information content (AvgIpc) is 3.12. The van der Waals surface area contributed by atoms with Crippen molar-refractivity contribution in [1.29, 1.82) is 0 Å². The van der Waals surface area contributed by atoms with Crippen LogP contribution in [0.15, 0.2) is 22.9 Å². The minimum atomic E-state index is -0.0564. The number of carbonyl (C=O) groups excluding carboxylic acids is 1. The van der Waals surface area contributed by atoms with Crippen molar-refractivity contribution in [2.75, 3.05) is 11.9 Å². The molecule has 1 amide bonds. The van der Waals surface area contributed by atoms with Gasteiger partial charge in [0.05, 0.1) is 16.6 Å². The van der Waals surface area contributed by atoms with E-state index < -0.39 is 0 Å². The van der Waals surface area contributed by atoms with Crippen molar-refractivity contribution in [3.63, 3.8) is 0 Å². The molecule has 0 radical (unpaired) electrons. The largest absolute Gasteiger partial charge is 0.306 e. The second-order valence-corrected chi connectivity index (χ2v) is 5.96. The van der Waals surface area contributed by atoms with Gasteiger partial charge in [0.1, 0.15) is 0 Å². The number of rotatable bonds is 3. The first-order valence-corrected chi connectivity index (χ1v) is 7.62. The summed E-state index contributed by atoms with van der Waals surface area (Å²) in [6, 6.07) is 3.98. The second-order valence-electron chi connectivity index (χ2n) is 4.15. The highest BCUT2D eigenvalue weighted by Gasteiger charge is 2.22. The molecule has 1 fully saturated rings. The summed E-state index contributed by atoms with van der Waals surface area (Å²) in [6.07, 6.45) is 1.98. The first-order valence-electron chi connectivity index (χ1n) is 5.86. The van der Waals surface area contributed by atoms with Gasteiger partial charge in [0, 0.05) is 5.38 Å². The molecule has 3 rings (SSSR count). The van der Waals surface area contributed by atoms with E-state index in [-0.39, 0.29) is 11.9 Å². The van der Waals surface area contributed by atoms with Crippen molar-refractivity contribution in [3.05, 3.63) is 22.9 Å². The summed E-state index contributed by atoms with van der Waals surface area (Å²) in [7, 11) is 0. The third-order valence-corrected chi connectivity index (χ3v) is 4.53. The van der Waals surface area contributed by atoms with E-state index >= 15 is 0 Å². The lowest BCUT2D eigenvalue weighted by molar-refractivity contribution is -0.117. The molecule has 0 spiro atoms. The van der Waals surface area contributed by atoms with Gasteiger partial charge in [0.25, 0.3) is 0 Å². The molecule has 0 aliphatic carbocycles. The zero-order valence-electron chi connectivity index (χ0n) is 9.68. The van der Waals surface area contributed by atoms with Crippen LogP contribution in [0.2, 0.25) is 0 Å². The Morgan fingerprint density at radius 3 is 3.17 bits per heavy atom. The normalized spacial score (nSPS) is 19.0. The van der Waals surface area contributed by atoms with Gasteiger partial charge in [-0.15, -0.1) is 22.7 Å². The van der Waals surface area contributed by atoms with E-state index in [0.29, 0.717) is 5.13 Å². The molecule has 0 saturated carbocycles. The molecule has 1 aliphatic heterocycles. The summed E-state index contributed by atoms with van der Waals surface area (Å²) in [5.41, 5.74) is 0.935. The maximum absolute atomic E-state index is 11.9. The van der Waals surface area contributed by atoms with Gasteiger partial charge in [-0.05, 0) is 30.8 Å². The minimum absolute atomic E-state index is 0.0274. The molecule has 2 N–H and O–H groups in total. The zero-order valence-corrected chi connectivity index (χ0v) is 11.3. The Morgan fingerprint density at radius 1 is 1.50 bits per heavy atom. The SMILES string of the molecule is O=C(Nc1nc(-c2cccs2)cs1)C1CCCN1. The molecular formula is C12H13N3OS2. The van der Waals surface area contributed by atoms with Crippen LogP contribution in [0.5, 0.6) is 0 Å². The van der Waals surface area contributed by atoms with E-state index in [1.54, 1.807) is 11.3 Å². The van der Waals surface area contributed by atoms with Crippen molar-refractivity contribution in [2.24, 2.45) is 0 Å². The first-order chi connectivity index (χ1) is 8.83. The molecule has 6 heteroatoms. The predicted octanol–water partition coefficient (Wildman–Crippen LogP) is 2.56. The van der Waals surface area contributed by atoms with Crippen molar-refractivity contribution < 1.29 is 4.79 Å². The summed E-state index contributed by atoms with van der Waals surface area (Å²) in [5.74, 6) is 0.0274. The van der Waals surface area contributed by atoms with Crippen LogP contribution < -0.4 is 10.6 Å². The maximum Gasteiger partial charge on any atom is 0.243 e. The molecule has 4 nitrogen and oxygen atoms in total. The van der Waals surface area contributed by atoms with Gasteiger partial charge in [-0.1, -0.05) is 6.07 Å². The number of aromatic nitrogens is 1. The van der Waals surface area contributed by atoms with Crippen LogP contribution in [0.4, 0.5) is 5.13 Å². The molecule has 0 aromatic carbocycles. The van der Waals surface area contributed by atoms with Crippen LogP contribution in [0.1, 0.15) is 12.8 Å². The van der Waals surface area contributed by atoms with Gasteiger partial charge in [-0.25, -0.2) is 4.98 Å². The van der Waals surface area contributed by atoms with Crippen LogP contribution in [-0.4, -0.2) is 23.5 Å². The summed E-state index contributed by atoms with van der Waals surface area (Å²) >= 11 is 3.12. The summed E-state index contributed by atoms with van der Waals surface area (Å²) in [5, 5.41) is 10.7. The number of thiophene rings is 1. The Bertz CT molecular complexity index is 529. The molecule has 94 valence electrons. The van der Waals surface area contributed by atoms with E-state index in [9.17, 15) is 4.79 Å². The van der Waals surface area contributed by atoms with E-state index in [1.165, 1.54) is 11.3 Å². The van der Waals surface area contributed by atoms with Crippen LogP contribution in [-0.2, 0) is 4.79 Å². The molecule has 3 heterocycles. The van der Waals surface area contributed by atoms with Crippen molar-refractivity contribution in [1.82, 2.24) is 10.3 Å². The molecule has 18 heavy (non-hydrogen) atoms. The van der Waals surface area contributed by atoms with Crippen molar-refractivity contribution >= 4 is 33.7 Å². The Hall–Kier alpha value is -1.24. The van der Waals surface area contributed by atoms with Gasteiger partial charge in [-0.3, -0.25) is 4.79 Å². The number of amides is 1. The average molecular weight is 279 g/mol. The van der Waals surface area contributed by atoms with E-state index in [0.717, 1.165) is 30.0 Å². The first kappa shape index (κ1) is 11.8. The molecular weight excluding hydrogens is 266 g/mol. The summed E-state index contributed by atoms with van der Waals surface area (Å²) < 4.78 is 0. The standard InChI is InChI=1S/C12H13N3OS2/c16-11(8-3-1-5-13-8)15-12-14-9(7-18-12)10-4-2-6-17-10/h2,4,6-8,13H,1,3,5H2,(H,14,15,16). The fourth-order valence-corrected chi connectivity index (χ4v) is 3.44. The maximum atomic E-state index is 11.9. The van der Waals surface area contributed by atoms with Crippen molar-refractivity contribution in [3.8, 4) is 10.6 Å². The molecule has 1 unspecified atom stereocenters. The van der Waals surface area contributed by atoms with Gasteiger partial charge in [0.2, 0.25) is 5.91 Å². The lowest BCUT2D eigenvalue weighted by Gasteiger charge is -2.08. The third kappa shape index (κ3) is 2.45. The van der Waals surface area contributed by atoms with Crippen LogP contribution in [0.25, 0.3) is 10.6 Å². The van der Waals surface area contributed by atoms with Gasteiger partial charge < -0.3 is 10.6 Å². The number of nitrogens with zero attached hydrogens (tertiary/aromatic N) is 1. The highest BCUT2D eigenvalue weighted by Crippen LogP contribution is 2.28. The second kappa shape index (κ2) is 5.17. The lowest BCUT2D eigenvalue weighted by Crippen LogP contribution is -2.35. The Balaban J connectivity index is 1.68. The molecule has 1 aliphatic rings. The summed E-state index contributed by atoms with van der Waals surface area (Å²) in [6.45, 7) is 0.927. The number of carbonyl (C=O) groups is 1. The van der Waals surface area contributed by atoms with Crippen LogP contribution in [0, 0.1) is 0 Å². The number of hydrogen-bond acceptors (Lipinski definition) is 5. The quantitative estimate of drug-likeness (QED) is 0.908. The molecule has 1 atom stereocenters. The molecule has 1 saturated heterocycles. The lowest BCUT2D eigenvalue weighted by atomic mass is 10.2. The zero-order chi connectivity index (χ0) is 12.4. The van der Waals surface area contributed by atoms with E-state index in [4.69, 9.17) is 0 Å². The number of thiazole rings is 1. The fourth-order valence-electron chi connectivity index (χ4n) is 1.97. The summed E-state index contributed by atoms with van der Waals surface area (Å²) in [4.78, 5) is 17.5. The number of anilines is 1. The molecule has 2 aromatic rings. The van der Waals surface area contributed by atoms with Crippen molar-refractivity contribution in [2.45, 2.75) is 18.9 Å². The Morgan fingerprint density at radius 2 is 2.44 bits per heavy atom. The van der Waals surface area contributed by atoms with E-state index in [1.807, 2.05) is 22.9 Å². The highest BCUT2D eigenvalue weighted by molar-refractivity contribution is 7.16. The van der Waals surface area contributed by atoms with Gasteiger partial charge in [-0.2, -0.15) is 0 Å². The molecule has 2 aromatic heterocycles. The van der Waals surface area contributed by atoms with E-state index in [2.05, 4.69) is 15.6 Å².